The zero-order chi connectivity index (χ0) is 25.6. The predicted octanol–water partition coefficient (Wildman–Crippen LogP) is 3.56. The van der Waals surface area contributed by atoms with Crippen LogP contribution in [0.3, 0.4) is 0 Å². The van der Waals surface area contributed by atoms with E-state index in [9.17, 15) is 14.4 Å². The number of hydrogen-bond donors (Lipinski definition) is 1. The van der Waals surface area contributed by atoms with Gasteiger partial charge in [-0.25, -0.2) is 4.98 Å². The van der Waals surface area contributed by atoms with Crippen LogP contribution in [0.15, 0.2) is 49.1 Å². The first-order chi connectivity index (χ1) is 18.0. The van der Waals surface area contributed by atoms with E-state index in [4.69, 9.17) is 9.72 Å². The number of benzene rings is 1. The molecule has 0 radical (unpaired) electrons. The fourth-order valence-corrected chi connectivity index (χ4v) is 6.74. The highest BCUT2D eigenvalue weighted by Crippen LogP contribution is 2.55. The number of imidazole rings is 1. The van der Waals surface area contributed by atoms with Crippen molar-refractivity contribution in [3.63, 3.8) is 0 Å². The summed E-state index contributed by atoms with van der Waals surface area (Å²) < 4.78 is 7.46. The summed E-state index contributed by atoms with van der Waals surface area (Å²) in [6, 6.07) is 11.5. The summed E-state index contributed by atoms with van der Waals surface area (Å²) in [7, 11) is 0. The maximum atomic E-state index is 13.2. The highest BCUT2D eigenvalue weighted by molar-refractivity contribution is 7.16. The number of para-hydroxylation sites is 2. The number of hydrogen-bond acceptors (Lipinski definition) is 6. The lowest BCUT2D eigenvalue weighted by atomic mass is 9.65. The third-order valence-corrected chi connectivity index (χ3v) is 8.86. The van der Waals surface area contributed by atoms with Crippen molar-refractivity contribution in [2.24, 2.45) is 5.41 Å². The number of ether oxygens (including phenoxy) is 1. The van der Waals surface area contributed by atoms with E-state index in [2.05, 4.69) is 16.5 Å². The molecule has 1 aliphatic carbocycles. The van der Waals surface area contributed by atoms with Crippen LogP contribution in [0.25, 0.3) is 11.0 Å². The number of thiophene rings is 1. The van der Waals surface area contributed by atoms with E-state index in [1.54, 1.807) is 17.0 Å². The lowest BCUT2D eigenvalue weighted by Crippen LogP contribution is -2.42. The van der Waals surface area contributed by atoms with E-state index >= 15 is 0 Å². The number of anilines is 1. The van der Waals surface area contributed by atoms with Gasteiger partial charge < -0.3 is 19.1 Å². The number of amides is 3. The fraction of sp³-hybridized carbons (Fsp3) is 0.407. The van der Waals surface area contributed by atoms with Crippen LogP contribution in [-0.2, 0) is 9.53 Å². The molecular formula is C27H29N5O4S. The Morgan fingerprint density at radius 3 is 2.59 bits per heavy atom. The van der Waals surface area contributed by atoms with Gasteiger partial charge >= 0.3 is 0 Å². The van der Waals surface area contributed by atoms with Gasteiger partial charge in [0.2, 0.25) is 11.9 Å². The number of morpholine rings is 1. The Labute approximate surface area is 218 Å². The summed E-state index contributed by atoms with van der Waals surface area (Å²) in [4.78, 5) is 47.5. The lowest BCUT2D eigenvalue weighted by molar-refractivity contribution is -0.125. The molecule has 0 atom stereocenters. The number of carbonyl (C=O) groups excluding carboxylic acids is 3. The molecule has 0 bridgehead atoms. The van der Waals surface area contributed by atoms with Crippen molar-refractivity contribution in [3.05, 3.63) is 58.8 Å². The largest absolute Gasteiger partial charge is 0.378 e. The van der Waals surface area contributed by atoms with Crippen LogP contribution in [0.5, 0.6) is 0 Å². The van der Waals surface area contributed by atoms with Gasteiger partial charge in [-0.1, -0.05) is 18.7 Å². The SMILES string of the molecule is C=CC(=O)N1CCC2(CC(n3c(NC(=O)c4ccc(C(=O)N5CCOCC5)s4)nc4ccccc43)C2)C1. The molecule has 3 aliphatic rings. The van der Waals surface area contributed by atoms with Gasteiger partial charge in [0, 0.05) is 32.2 Å². The van der Waals surface area contributed by atoms with Crippen molar-refractivity contribution in [2.45, 2.75) is 25.3 Å². The number of nitrogens with one attached hydrogen (secondary N) is 1. The van der Waals surface area contributed by atoms with Crippen LogP contribution in [0.4, 0.5) is 5.95 Å². The molecule has 2 aromatic heterocycles. The molecule has 1 spiro atoms. The van der Waals surface area contributed by atoms with Gasteiger partial charge in [0.1, 0.15) is 0 Å². The second kappa shape index (κ2) is 9.42. The Morgan fingerprint density at radius 2 is 1.81 bits per heavy atom. The Hall–Kier alpha value is -3.50. The summed E-state index contributed by atoms with van der Waals surface area (Å²) in [5.41, 5.74) is 1.91. The van der Waals surface area contributed by atoms with E-state index in [0.717, 1.165) is 43.4 Å². The van der Waals surface area contributed by atoms with Gasteiger partial charge in [0.15, 0.2) is 0 Å². The molecule has 192 valence electrons. The Morgan fingerprint density at radius 1 is 1.05 bits per heavy atom. The topological polar surface area (TPSA) is 96.8 Å². The van der Waals surface area contributed by atoms with Gasteiger partial charge in [-0.3, -0.25) is 19.7 Å². The molecular weight excluding hydrogens is 490 g/mol. The number of likely N-dealkylation sites (tertiary alicyclic amines) is 1. The Kier molecular flexibility index (Phi) is 6.08. The molecule has 6 rings (SSSR count). The fourth-order valence-electron chi connectivity index (χ4n) is 5.87. The Bertz CT molecular complexity index is 1380. The zero-order valence-corrected chi connectivity index (χ0v) is 21.3. The molecule has 3 fully saturated rings. The average Bonchev–Trinajstić information content (AvgIpc) is 3.64. The number of fused-ring (bicyclic) bond motifs is 1. The molecule has 1 saturated carbocycles. The molecule has 2 aliphatic heterocycles. The van der Waals surface area contributed by atoms with Gasteiger partial charge in [0.05, 0.1) is 34.0 Å². The molecule has 10 heteroatoms. The van der Waals surface area contributed by atoms with Gasteiger partial charge in [-0.05, 0) is 55.0 Å². The minimum Gasteiger partial charge on any atom is -0.378 e. The minimum atomic E-state index is -0.278. The standard InChI is InChI=1S/C27H29N5O4S/c1-2-23(33)31-10-9-27(17-31)15-18(16-27)32-20-6-4-3-5-19(20)28-26(32)29-24(34)21-7-8-22(37-21)25(35)30-11-13-36-14-12-30/h2-8,18H,1,9-17H2,(H,28,29,34). The van der Waals surface area contributed by atoms with E-state index in [1.807, 2.05) is 29.2 Å². The molecule has 0 unspecified atom stereocenters. The van der Waals surface area contributed by atoms with Gasteiger partial charge in [-0.2, -0.15) is 0 Å². The monoisotopic (exact) mass is 519 g/mol. The smallest absolute Gasteiger partial charge is 0.268 e. The van der Waals surface area contributed by atoms with Crippen molar-refractivity contribution in [3.8, 4) is 0 Å². The summed E-state index contributed by atoms with van der Waals surface area (Å²) >= 11 is 1.20. The van der Waals surface area contributed by atoms with Gasteiger partial charge in [0.25, 0.3) is 11.8 Å². The van der Waals surface area contributed by atoms with Crippen LogP contribution in [0.2, 0.25) is 0 Å². The van der Waals surface area contributed by atoms with Crippen LogP contribution >= 0.6 is 11.3 Å². The zero-order valence-electron chi connectivity index (χ0n) is 20.5. The average molecular weight is 520 g/mol. The summed E-state index contributed by atoms with van der Waals surface area (Å²) in [5, 5.41) is 3.01. The maximum Gasteiger partial charge on any atom is 0.268 e. The molecule has 3 aromatic rings. The van der Waals surface area contributed by atoms with Crippen molar-refractivity contribution in [1.82, 2.24) is 19.4 Å². The normalized spacial score (nSPS) is 23.3. The first kappa shape index (κ1) is 23.9. The van der Waals surface area contributed by atoms with E-state index in [1.165, 1.54) is 17.4 Å². The third-order valence-electron chi connectivity index (χ3n) is 7.79. The molecule has 37 heavy (non-hydrogen) atoms. The van der Waals surface area contributed by atoms with Gasteiger partial charge in [-0.15, -0.1) is 11.3 Å². The first-order valence-corrected chi connectivity index (χ1v) is 13.4. The van der Waals surface area contributed by atoms with E-state index in [-0.39, 0.29) is 29.2 Å². The first-order valence-electron chi connectivity index (χ1n) is 12.6. The molecule has 4 heterocycles. The van der Waals surface area contributed by atoms with Crippen molar-refractivity contribution in [1.29, 1.82) is 0 Å². The molecule has 3 amide bonds. The van der Waals surface area contributed by atoms with Crippen molar-refractivity contribution < 1.29 is 19.1 Å². The summed E-state index contributed by atoms with van der Waals surface area (Å²) in [5.74, 6) is 0.154. The number of aromatic nitrogens is 2. The second-order valence-electron chi connectivity index (χ2n) is 10.1. The molecule has 9 nitrogen and oxygen atoms in total. The molecule has 1 aromatic carbocycles. The summed E-state index contributed by atoms with van der Waals surface area (Å²) in [6.45, 7) is 7.31. The highest BCUT2D eigenvalue weighted by atomic mass is 32.1. The van der Waals surface area contributed by atoms with E-state index in [0.29, 0.717) is 42.0 Å². The highest BCUT2D eigenvalue weighted by Gasteiger charge is 2.50. The number of carbonyl (C=O) groups is 3. The molecule has 2 saturated heterocycles. The predicted molar refractivity (Wildman–Crippen MR) is 141 cm³/mol. The van der Waals surface area contributed by atoms with Crippen LogP contribution in [-0.4, -0.2) is 76.5 Å². The van der Waals surface area contributed by atoms with Crippen molar-refractivity contribution in [2.75, 3.05) is 44.7 Å². The van der Waals surface area contributed by atoms with Crippen LogP contribution < -0.4 is 5.32 Å². The van der Waals surface area contributed by atoms with Crippen LogP contribution in [0, 0.1) is 5.41 Å². The lowest BCUT2D eigenvalue weighted by Gasteiger charge is -2.46. The molecule has 1 N–H and O–H groups in total. The second-order valence-corrected chi connectivity index (χ2v) is 11.2. The Balaban J connectivity index is 1.20. The van der Waals surface area contributed by atoms with Crippen molar-refractivity contribution >= 4 is 46.0 Å². The number of nitrogens with zero attached hydrogens (tertiary/aromatic N) is 4. The maximum absolute atomic E-state index is 13.2. The third kappa shape index (κ3) is 4.34. The quantitative estimate of drug-likeness (QED) is 0.520. The van der Waals surface area contributed by atoms with E-state index < -0.39 is 0 Å². The minimum absolute atomic E-state index is 0.0104. The number of rotatable bonds is 5. The summed E-state index contributed by atoms with van der Waals surface area (Å²) in [6.07, 6.45) is 4.21. The van der Waals surface area contributed by atoms with Crippen LogP contribution in [0.1, 0.15) is 44.6 Å².